The van der Waals surface area contributed by atoms with E-state index in [1.54, 1.807) is 30.3 Å². The van der Waals surface area contributed by atoms with E-state index in [0.717, 1.165) is 5.56 Å². The number of carboxylic acid groups (broad SMARTS) is 1. The number of aryl methyl sites for hydroxylation is 1. The lowest BCUT2D eigenvalue weighted by Crippen LogP contribution is -2.54. The first kappa shape index (κ1) is 21.2. The van der Waals surface area contributed by atoms with Gasteiger partial charge in [0.05, 0.1) is 31.9 Å². The van der Waals surface area contributed by atoms with Gasteiger partial charge in [0.25, 0.3) is 5.91 Å². The van der Waals surface area contributed by atoms with Gasteiger partial charge in [0.1, 0.15) is 29.2 Å². The normalized spacial score (nSPS) is 13.4. The van der Waals surface area contributed by atoms with Crippen molar-refractivity contribution in [3.63, 3.8) is 0 Å². The summed E-state index contributed by atoms with van der Waals surface area (Å²) in [6.07, 6.45) is 2.76. The van der Waals surface area contributed by atoms with Crippen LogP contribution in [0.15, 0.2) is 54.9 Å². The van der Waals surface area contributed by atoms with Gasteiger partial charge in [0.15, 0.2) is 0 Å². The monoisotopic (exact) mass is 436 g/mol. The van der Waals surface area contributed by atoms with E-state index >= 15 is 0 Å². The van der Waals surface area contributed by atoms with Crippen molar-refractivity contribution in [1.29, 1.82) is 0 Å². The van der Waals surface area contributed by atoms with E-state index in [9.17, 15) is 14.0 Å². The van der Waals surface area contributed by atoms with E-state index in [4.69, 9.17) is 9.84 Å². The Kier molecular flexibility index (Phi) is 5.98. The van der Waals surface area contributed by atoms with E-state index in [2.05, 4.69) is 15.3 Å². The lowest BCUT2D eigenvalue weighted by atomic mass is 10.1. The molecule has 2 N–H and O–H groups in total. The Labute approximate surface area is 183 Å². The third-order valence-corrected chi connectivity index (χ3v) is 5.05. The number of aromatic nitrogens is 2. The molecule has 0 aliphatic carbocycles. The largest absolute Gasteiger partial charge is 0.486 e. The maximum atomic E-state index is 13.4. The summed E-state index contributed by atoms with van der Waals surface area (Å²) in [5.41, 5.74) is 2.21. The number of rotatable bonds is 7. The molecule has 1 aromatic heterocycles. The van der Waals surface area contributed by atoms with Crippen molar-refractivity contribution in [1.82, 2.24) is 9.97 Å². The molecule has 0 bridgehead atoms. The second-order valence-electron chi connectivity index (χ2n) is 7.54. The number of anilines is 2. The third kappa shape index (κ3) is 5.00. The highest BCUT2D eigenvalue weighted by Crippen LogP contribution is 2.25. The number of aliphatic carboxylic acids is 1. The van der Waals surface area contributed by atoms with Gasteiger partial charge in [0.2, 0.25) is 0 Å². The number of hydrogen-bond acceptors (Lipinski definition) is 6. The molecule has 4 rings (SSSR count). The van der Waals surface area contributed by atoms with Crippen molar-refractivity contribution in [3.8, 4) is 5.75 Å². The highest BCUT2D eigenvalue weighted by atomic mass is 19.1. The number of ether oxygens (including phenoxy) is 1. The molecule has 164 valence electrons. The quantitative estimate of drug-likeness (QED) is 0.586. The Morgan fingerprint density at radius 2 is 1.91 bits per heavy atom. The fourth-order valence-electron chi connectivity index (χ4n) is 3.26. The predicted octanol–water partition coefficient (Wildman–Crippen LogP) is 3.07. The summed E-state index contributed by atoms with van der Waals surface area (Å²) in [4.78, 5) is 33.6. The molecule has 1 saturated heterocycles. The summed E-state index contributed by atoms with van der Waals surface area (Å²) in [6.45, 7) is 3.03. The average Bonchev–Trinajstić information content (AvgIpc) is 2.74. The number of carbonyl (C=O) groups excluding carboxylic acids is 1. The number of nitrogens with one attached hydrogen (secondary N) is 1. The van der Waals surface area contributed by atoms with Gasteiger partial charge < -0.3 is 20.1 Å². The first-order valence-electron chi connectivity index (χ1n) is 9.99. The number of halogens is 1. The zero-order valence-corrected chi connectivity index (χ0v) is 17.3. The first-order valence-corrected chi connectivity index (χ1v) is 9.99. The van der Waals surface area contributed by atoms with Gasteiger partial charge in [-0.2, -0.15) is 0 Å². The van der Waals surface area contributed by atoms with Crippen LogP contribution < -0.4 is 15.0 Å². The van der Waals surface area contributed by atoms with Crippen LogP contribution in [0.3, 0.4) is 0 Å². The minimum atomic E-state index is -0.915. The fourth-order valence-corrected chi connectivity index (χ4v) is 3.26. The summed E-state index contributed by atoms with van der Waals surface area (Å²) >= 11 is 0. The predicted molar refractivity (Wildman–Crippen MR) is 116 cm³/mol. The van der Waals surface area contributed by atoms with Crippen molar-refractivity contribution in [2.45, 2.75) is 19.4 Å². The van der Waals surface area contributed by atoms with E-state index < -0.39 is 11.9 Å². The zero-order valence-electron chi connectivity index (χ0n) is 17.3. The van der Waals surface area contributed by atoms with Crippen LogP contribution in [-0.2, 0) is 11.2 Å². The molecule has 0 radical (unpaired) electrons. The second kappa shape index (κ2) is 9.01. The SMILES string of the molecule is Cc1ccc(F)cc1OC1CN(c2cnc(C(=O)Nc3ccc(CC(=O)O)cc3)cn2)C1. The lowest BCUT2D eigenvalue weighted by molar-refractivity contribution is -0.136. The lowest BCUT2D eigenvalue weighted by Gasteiger charge is -2.39. The van der Waals surface area contributed by atoms with Gasteiger partial charge >= 0.3 is 5.97 Å². The van der Waals surface area contributed by atoms with Crippen molar-refractivity contribution < 1.29 is 23.8 Å². The highest BCUT2D eigenvalue weighted by Gasteiger charge is 2.30. The Bertz CT molecular complexity index is 1130. The van der Waals surface area contributed by atoms with Gasteiger partial charge in [-0.3, -0.25) is 9.59 Å². The molecule has 2 aromatic carbocycles. The molecular formula is C23H21FN4O4. The molecule has 1 fully saturated rings. The topological polar surface area (TPSA) is 105 Å². The van der Waals surface area contributed by atoms with Gasteiger partial charge in [-0.1, -0.05) is 18.2 Å². The number of carbonyl (C=O) groups is 2. The molecule has 9 heteroatoms. The first-order chi connectivity index (χ1) is 15.4. The van der Waals surface area contributed by atoms with Gasteiger partial charge in [-0.15, -0.1) is 0 Å². The Morgan fingerprint density at radius 1 is 1.16 bits per heavy atom. The number of hydrogen-bond donors (Lipinski definition) is 2. The molecule has 0 unspecified atom stereocenters. The Balaban J connectivity index is 1.30. The number of benzene rings is 2. The fraction of sp³-hybridized carbons (Fsp3) is 0.217. The maximum absolute atomic E-state index is 13.4. The molecule has 0 spiro atoms. The smallest absolute Gasteiger partial charge is 0.307 e. The van der Waals surface area contributed by atoms with Crippen LogP contribution >= 0.6 is 0 Å². The molecule has 32 heavy (non-hydrogen) atoms. The highest BCUT2D eigenvalue weighted by molar-refractivity contribution is 6.02. The summed E-state index contributed by atoms with van der Waals surface area (Å²) in [6, 6.07) is 11.0. The van der Waals surface area contributed by atoms with E-state index in [0.29, 0.717) is 35.9 Å². The summed E-state index contributed by atoms with van der Waals surface area (Å²) in [5.74, 6) is -0.514. The number of amides is 1. The van der Waals surface area contributed by atoms with Crippen molar-refractivity contribution in [2.75, 3.05) is 23.3 Å². The molecule has 8 nitrogen and oxygen atoms in total. The van der Waals surface area contributed by atoms with Gasteiger partial charge in [0, 0.05) is 11.8 Å². The summed E-state index contributed by atoms with van der Waals surface area (Å²) < 4.78 is 19.2. The molecule has 0 saturated carbocycles. The zero-order chi connectivity index (χ0) is 22.7. The summed E-state index contributed by atoms with van der Waals surface area (Å²) in [5, 5.41) is 11.5. The Hall–Kier alpha value is -4.01. The number of carboxylic acids is 1. The van der Waals surface area contributed by atoms with Crippen LogP contribution in [0.1, 0.15) is 21.6 Å². The molecular weight excluding hydrogens is 415 g/mol. The third-order valence-electron chi connectivity index (χ3n) is 5.05. The maximum Gasteiger partial charge on any atom is 0.307 e. The van der Waals surface area contributed by atoms with E-state index in [1.165, 1.54) is 24.5 Å². The molecule has 0 atom stereocenters. The van der Waals surface area contributed by atoms with Gasteiger partial charge in [-0.25, -0.2) is 14.4 Å². The number of nitrogens with zero attached hydrogens (tertiary/aromatic N) is 3. The molecule has 2 heterocycles. The second-order valence-corrected chi connectivity index (χ2v) is 7.54. The van der Waals surface area contributed by atoms with Crippen LogP contribution in [0.25, 0.3) is 0 Å². The van der Waals surface area contributed by atoms with Crippen LogP contribution in [0, 0.1) is 12.7 Å². The summed E-state index contributed by atoms with van der Waals surface area (Å²) in [7, 11) is 0. The Morgan fingerprint density at radius 3 is 2.56 bits per heavy atom. The van der Waals surface area contributed by atoms with Crippen LogP contribution in [0.5, 0.6) is 5.75 Å². The van der Waals surface area contributed by atoms with Crippen molar-refractivity contribution in [2.24, 2.45) is 0 Å². The average molecular weight is 436 g/mol. The van der Waals surface area contributed by atoms with Crippen LogP contribution in [-0.4, -0.2) is 46.1 Å². The molecule has 3 aromatic rings. The van der Waals surface area contributed by atoms with Crippen molar-refractivity contribution in [3.05, 3.63) is 77.5 Å². The van der Waals surface area contributed by atoms with Crippen LogP contribution in [0.2, 0.25) is 0 Å². The molecule has 1 amide bonds. The minimum absolute atomic E-state index is 0.0780. The molecule has 1 aliphatic heterocycles. The van der Waals surface area contributed by atoms with E-state index in [1.807, 2.05) is 11.8 Å². The molecule has 1 aliphatic rings. The standard InChI is InChI=1S/C23H21FN4O4/c1-14-2-5-16(24)9-20(14)32-18-12-28(13-18)21-11-25-19(10-26-21)23(31)27-17-6-3-15(4-7-17)8-22(29)30/h2-7,9-11,18H,8,12-13H2,1H3,(H,27,31)(H,29,30). The van der Waals surface area contributed by atoms with E-state index in [-0.39, 0.29) is 24.0 Å². The van der Waals surface area contributed by atoms with Crippen LogP contribution in [0.4, 0.5) is 15.9 Å². The minimum Gasteiger partial charge on any atom is -0.486 e. The van der Waals surface area contributed by atoms with Gasteiger partial charge in [-0.05, 0) is 36.2 Å². The van der Waals surface area contributed by atoms with Crippen molar-refractivity contribution >= 4 is 23.4 Å².